The summed E-state index contributed by atoms with van der Waals surface area (Å²) >= 11 is 0. The van der Waals surface area contributed by atoms with E-state index in [4.69, 9.17) is 4.74 Å². The van der Waals surface area contributed by atoms with Gasteiger partial charge in [-0.3, -0.25) is 4.68 Å². The molecule has 1 aliphatic rings. The minimum absolute atomic E-state index is 0.227. The van der Waals surface area contributed by atoms with E-state index in [-0.39, 0.29) is 5.97 Å². The second-order valence-electron chi connectivity index (χ2n) is 3.66. The molecular weight excluding hydrogens is 192 g/mol. The minimum Gasteiger partial charge on any atom is -0.461 e. The van der Waals surface area contributed by atoms with Crippen LogP contribution < -0.4 is 0 Å². The molecule has 0 N–H and O–H groups in total. The highest BCUT2D eigenvalue weighted by molar-refractivity contribution is 5.89. The van der Waals surface area contributed by atoms with Crippen LogP contribution in [0.5, 0.6) is 0 Å². The molecule has 0 saturated heterocycles. The third kappa shape index (κ3) is 1.64. The Morgan fingerprint density at radius 3 is 2.93 bits per heavy atom. The SMILES string of the molecule is CCOC(=O)c1c2c(nn1CC)CCC2. The van der Waals surface area contributed by atoms with Gasteiger partial charge in [-0.05, 0) is 33.1 Å². The monoisotopic (exact) mass is 208 g/mol. The number of carbonyl (C=O) groups excluding carboxylic acids is 1. The van der Waals surface area contributed by atoms with Crippen molar-refractivity contribution in [2.45, 2.75) is 39.7 Å². The van der Waals surface area contributed by atoms with Crippen LogP contribution in [0, 0.1) is 0 Å². The second-order valence-corrected chi connectivity index (χ2v) is 3.66. The average molecular weight is 208 g/mol. The number of carbonyl (C=O) groups is 1. The van der Waals surface area contributed by atoms with Crippen molar-refractivity contribution in [2.75, 3.05) is 6.61 Å². The second kappa shape index (κ2) is 4.04. The first-order valence-corrected chi connectivity index (χ1v) is 5.53. The predicted molar refractivity (Wildman–Crippen MR) is 55.9 cm³/mol. The van der Waals surface area contributed by atoms with Crippen LogP contribution in [0.4, 0.5) is 0 Å². The number of rotatable bonds is 3. The molecule has 0 bridgehead atoms. The molecule has 0 aromatic carbocycles. The van der Waals surface area contributed by atoms with Gasteiger partial charge in [0.25, 0.3) is 0 Å². The van der Waals surface area contributed by atoms with Gasteiger partial charge in [0.05, 0.1) is 12.3 Å². The topological polar surface area (TPSA) is 44.1 Å². The van der Waals surface area contributed by atoms with Crippen LogP contribution in [0.1, 0.15) is 42.0 Å². The van der Waals surface area contributed by atoms with Crippen molar-refractivity contribution < 1.29 is 9.53 Å². The number of fused-ring (bicyclic) bond motifs is 1. The molecular formula is C11H16N2O2. The fraction of sp³-hybridized carbons (Fsp3) is 0.636. The molecule has 0 radical (unpaired) electrons. The summed E-state index contributed by atoms with van der Waals surface area (Å²) < 4.78 is 6.82. The van der Waals surface area contributed by atoms with E-state index >= 15 is 0 Å². The van der Waals surface area contributed by atoms with Crippen LogP contribution in [0.2, 0.25) is 0 Å². The number of hydrogen-bond donors (Lipinski definition) is 0. The quantitative estimate of drug-likeness (QED) is 0.708. The largest absolute Gasteiger partial charge is 0.461 e. The van der Waals surface area contributed by atoms with Gasteiger partial charge in [0, 0.05) is 12.1 Å². The Morgan fingerprint density at radius 1 is 1.47 bits per heavy atom. The van der Waals surface area contributed by atoms with Crippen LogP contribution in [-0.4, -0.2) is 22.4 Å². The fourth-order valence-electron chi connectivity index (χ4n) is 2.10. The minimum atomic E-state index is -0.227. The Bertz CT molecular complexity index is 382. The molecule has 4 heteroatoms. The highest BCUT2D eigenvalue weighted by atomic mass is 16.5. The molecule has 0 saturated carbocycles. The van der Waals surface area contributed by atoms with Gasteiger partial charge in [-0.25, -0.2) is 4.79 Å². The highest BCUT2D eigenvalue weighted by Gasteiger charge is 2.26. The van der Waals surface area contributed by atoms with Gasteiger partial charge in [-0.1, -0.05) is 0 Å². The lowest BCUT2D eigenvalue weighted by atomic mass is 10.2. The van der Waals surface area contributed by atoms with Crippen LogP contribution in [-0.2, 0) is 24.1 Å². The third-order valence-corrected chi connectivity index (χ3v) is 2.74. The van der Waals surface area contributed by atoms with E-state index in [9.17, 15) is 4.79 Å². The van der Waals surface area contributed by atoms with E-state index in [1.807, 2.05) is 13.8 Å². The molecule has 1 heterocycles. The molecule has 82 valence electrons. The molecule has 0 aliphatic heterocycles. The summed E-state index contributed by atoms with van der Waals surface area (Å²) in [7, 11) is 0. The summed E-state index contributed by atoms with van der Waals surface area (Å²) in [6, 6.07) is 0. The zero-order chi connectivity index (χ0) is 10.8. The average Bonchev–Trinajstić information content (AvgIpc) is 2.75. The summed E-state index contributed by atoms with van der Waals surface area (Å²) in [4.78, 5) is 11.8. The first kappa shape index (κ1) is 10.2. The summed E-state index contributed by atoms with van der Waals surface area (Å²) in [6.07, 6.45) is 3.06. The maximum atomic E-state index is 11.8. The summed E-state index contributed by atoms with van der Waals surface area (Å²) in [6.45, 7) is 4.96. The first-order chi connectivity index (χ1) is 7.27. The van der Waals surface area contributed by atoms with Crippen molar-refractivity contribution in [1.82, 2.24) is 9.78 Å². The molecule has 15 heavy (non-hydrogen) atoms. The van der Waals surface area contributed by atoms with E-state index in [0.29, 0.717) is 12.3 Å². The van der Waals surface area contributed by atoms with Gasteiger partial charge < -0.3 is 4.74 Å². The first-order valence-electron chi connectivity index (χ1n) is 5.53. The van der Waals surface area contributed by atoms with Crippen molar-refractivity contribution in [3.63, 3.8) is 0 Å². The van der Waals surface area contributed by atoms with Crippen molar-refractivity contribution in [3.05, 3.63) is 17.0 Å². The van der Waals surface area contributed by atoms with Gasteiger partial charge in [-0.2, -0.15) is 5.10 Å². The van der Waals surface area contributed by atoms with Gasteiger partial charge in [0.1, 0.15) is 5.69 Å². The van der Waals surface area contributed by atoms with Gasteiger partial charge in [-0.15, -0.1) is 0 Å². The number of nitrogens with zero attached hydrogens (tertiary/aromatic N) is 2. The summed E-state index contributed by atoms with van der Waals surface area (Å²) in [5.41, 5.74) is 2.86. The Morgan fingerprint density at radius 2 is 2.27 bits per heavy atom. The number of aryl methyl sites for hydroxylation is 2. The van der Waals surface area contributed by atoms with Crippen molar-refractivity contribution >= 4 is 5.97 Å². The van der Waals surface area contributed by atoms with E-state index in [2.05, 4.69) is 5.10 Å². The maximum absolute atomic E-state index is 11.8. The molecule has 4 nitrogen and oxygen atoms in total. The Kier molecular flexibility index (Phi) is 2.75. The van der Waals surface area contributed by atoms with Gasteiger partial charge >= 0.3 is 5.97 Å². The molecule has 1 aromatic heterocycles. The Labute approximate surface area is 89.2 Å². The smallest absolute Gasteiger partial charge is 0.356 e. The van der Waals surface area contributed by atoms with Crippen LogP contribution in [0.15, 0.2) is 0 Å². The van der Waals surface area contributed by atoms with Crippen molar-refractivity contribution in [1.29, 1.82) is 0 Å². The number of aromatic nitrogens is 2. The van der Waals surface area contributed by atoms with E-state index in [1.54, 1.807) is 4.68 Å². The molecule has 0 spiro atoms. The lowest BCUT2D eigenvalue weighted by Crippen LogP contribution is -2.14. The lowest BCUT2D eigenvalue weighted by molar-refractivity contribution is 0.0511. The standard InChI is InChI=1S/C11H16N2O2/c1-3-13-10(11(14)15-4-2)8-6-5-7-9(8)12-13/h3-7H2,1-2H3. The Hall–Kier alpha value is -1.32. The number of esters is 1. The number of hydrogen-bond acceptors (Lipinski definition) is 3. The van der Waals surface area contributed by atoms with Crippen LogP contribution in [0.3, 0.4) is 0 Å². The lowest BCUT2D eigenvalue weighted by Gasteiger charge is -2.05. The van der Waals surface area contributed by atoms with E-state index in [0.717, 1.165) is 37.1 Å². The maximum Gasteiger partial charge on any atom is 0.356 e. The molecule has 1 aromatic rings. The number of ether oxygens (including phenoxy) is 1. The zero-order valence-electron chi connectivity index (χ0n) is 9.25. The normalized spacial score (nSPS) is 14.0. The van der Waals surface area contributed by atoms with E-state index < -0.39 is 0 Å². The van der Waals surface area contributed by atoms with Crippen molar-refractivity contribution in [2.24, 2.45) is 0 Å². The molecule has 1 aliphatic carbocycles. The summed E-state index contributed by atoms with van der Waals surface area (Å²) in [5, 5.41) is 4.43. The highest BCUT2D eigenvalue weighted by Crippen LogP contribution is 2.25. The third-order valence-electron chi connectivity index (χ3n) is 2.74. The predicted octanol–water partition coefficient (Wildman–Crippen LogP) is 1.57. The summed E-state index contributed by atoms with van der Waals surface area (Å²) in [5.74, 6) is -0.227. The van der Waals surface area contributed by atoms with Gasteiger partial charge in [0.2, 0.25) is 0 Å². The van der Waals surface area contributed by atoms with Crippen molar-refractivity contribution in [3.8, 4) is 0 Å². The Balaban J connectivity index is 2.39. The molecule has 0 atom stereocenters. The fourth-order valence-corrected chi connectivity index (χ4v) is 2.10. The van der Waals surface area contributed by atoms with E-state index in [1.165, 1.54) is 0 Å². The van der Waals surface area contributed by atoms with Crippen LogP contribution in [0.25, 0.3) is 0 Å². The van der Waals surface area contributed by atoms with Crippen LogP contribution >= 0.6 is 0 Å². The zero-order valence-corrected chi connectivity index (χ0v) is 9.25. The molecule has 0 unspecified atom stereocenters. The molecule has 0 amide bonds. The molecule has 2 rings (SSSR count). The van der Waals surface area contributed by atoms with Gasteiger partial charge in [0.15, 0.2) is 0 Å². The molecule has 0 fully saturated rings.